The first-order valence-corrected chi connectivity index (χ1v) is 7.40. The molecule has 1 aromatic heterocycles. The van der Waals surface area contributed by atoms with Crippen LogP contribution in [0, 0.1) is 0 Å². The molecule has 3 aromatic rings. The van der Waals surface area contributed by atoms with E-state index in [1.54, 1.807) is 6.20 Å². The molecule has 3 rings (SSSR count). The Balaban J connectivity index is 1.72. The highest BCUT2D eigenvalue weighted by molar-refractivity contribution is 5.98. The summed E-state index contributed by atoms with van der Waals surface area (Å²) in [5, 5.41) is 5.03. The Morgan fingerprint density at radius 1 is 1.09 bits per heavy atom. The zero-order valence-electron chi connectivity index (χ0n) is 13.2. The summed E-state index contributed by atoms with van der Waals surface area (Å²) in [5.74, 6) is 1.27. The molecule has 1 amide bonds. The van der Waals surface area contributed by atoms with Gasteiger partial charge in [0, 0.05) is 25.9 Å². The number of carbonyl (C=O) groups is 1. The van der Waals surface area contributed by atoms with Crippen LogP contribution in [0.4, 0.5) is 5.82 Å². The van der Waals surface area contributed by atoms with Gasteiger partial charge in [0.1, 0.15) is 11.6 Å². The van der Waals surface area contributed by atoms with Gasteiger partial charge in [0.2, 0.25) is 0 Å². The highest BCUT2D eigenvalue weighted by Crippen LogP contribution is 2.15. The van der Waals surface area contributed by atoms with Gasteiger partial charge in [0.15, 0.2) is 0 Å². The van der Waals surface area contributed by atoms with Gasteiger partial charge in [-0.3, -0.25) is 4.79 Å². The van der Waals surface area contributed by atoms with Crippen molar-refractivity contribution in [1.29, 1.82) is 0 Å². The lowest BCUT2D eigenvalue weighted by molar-refractivity contribution is 0.0950. The van der Waals surface area contributed by atoms with Crippen molar-refractivity contribution in [1.82, 2.24) is 15.3 Å². The maximum atomic E-state index is 12.3. The predicted molar refractivity (Wildman–Crippen MR) is 91.5 cm³/mol. The highest BCUT2D eigenvalue weighted by Gasteiger charge is 2.08. The number of amides is 1. The number of fused-ring (bicyclic) bond motifs is 1. The van der Waals surface area contributed by atoms with Crippen molar-refractivity contribution in [2.45, 2.75) is 6.54 Å². The molecule has 1 heterocycles. The van der Waals surface area contributed by atoms with E-state index in [1.807, 2.05) is 67.5 Å². The maximum Gasteiger partial charge on any atom is 0.251 e. The Morgan fingerprint density at radius 2 is 1.87 bits per heavy atom. The number of nitrogens with zero attached hydrogens (tertiary/aromatic N) is 3. The third-order valence-corrected chi connectivity index (χ3v) is 3.57. The van der Waals surface area contributed by atoms with Crippen molar-refractivity contribution in [2.75, 3.05) is 19.0 Å². The zero-order chi connectivity index (χ0) is 16.2. The number of anilines is 1. The van der Waals surface area contributed by atoms with Gasteiger partial charge in [0.25, 0.3) is 5.91 Å². The smallest absolute Gasteiger partial charge is 0.251 e. The minimum atomic E-state index is -0.130. The fraction of sp³-hybridized carbons (Fsp3) is 0.167. The number of carbonyl (C=O) groups excluding carboxylic acids is 1. The van der Waals surface area contributed by atoms with Gasteiger partial charge in [-0.25, -0.2) is 9.97 Å². The molecule has 0 saturated carbocycles. The van der Waals surface area contributed by atoms with Crippen molar-refractivity contribution < 1.29 is 4.79 Å². The summed E-state index contributed by atoms with van der Waals surface area (Å²) in [6, 6.07) is 15.5. The van der Waals surface area contributed by atoms with Gasteiger partial charge in [-0.2, -0.15) is 0 Å². The van der Waals surface area contributed by atoms with Crippen LogP contribution in [0.3, 0.4) is 0 Å². The maximum absolute atomic E-state index is 12.3. The van der Waals surface area contributed by atoms with Crippen LogP contribution >= 0.6 is 0 Å². The van der Waals surface area contributed by atoms with E-state index >= 15 is 0 Å². The summed E-state index contributed by atoms with van der Waals surface area (Å²) in [4.78, 5) is 22.8. The number of hydrogen-bond donors (Lipinski definition) is 1. The van der Waals surface area contributed by atoms with Crippen molar-refractivity contribution in [3.63, 3.8) is 0 Å². The van der Waals surface area contributed by atoms with Gasteiger partial charge in [-0.05, 0) is 29.0 Å². The predicted octanol–water partition coefficient (Wildman–Crippen LogP) is 2.63. The second kappa shape index (κ2) is 6.44. The van der Waals surface area contributed by atoms with Crippen LogP contribution < -0.4 is 10.2 Å². The molecule has 0 bridgehead atoms. The Labute approximate surface area is 135 Å². The molecule has 0 atom stereocenters. The van der Waals surface area contributed by atoms with E-state index in [0.717, 1.165) is 16.6 Å². The molecule has 0 aliphatic carbocycles. The minimum absolute atomic E-state index is 0.130. The van der Waals surface area contributed by atoms with E-state index in [1.165, 1.54) is 0 Å². The molecule has 0 radical (unpaired) electrons. The molecule has 5 heteroatoms. The van der Waals surface area contributed by atoms with E-state index in [-0.39, 0.29) is 5.91 Å². The topological polar surface area (TPSA) is 58.1 Å². The van der Waals surface area contributed by atoms with Gasteiger partial charge in [0.05, 0.1) is 6.54 Å². The summed E-state index contributed by atoms with van der Waals surface area (Å²) >= 11 is 0. The van der Waals surface area contributed by atoms with Crippen molar-refractivity contribution in [3.8, 4) is 0 Å². The molecule has 0 aliphatic rings. The van der Waals surface area contributed by atoms with Gasteiger partial charge >= 0.3 is 0 Å². The monoisotopic (exact) mass is 306 g/mol. The van der Waals surface area contributed by atoms with Crippen LogP contribution in [0.25, 0.3) is 10.8 Å². The molecular formula is C18H18N4O. The number of benzene rings is 2. The van der Waals surface area contributed by atoms with Gasteiger partial charge in [-0.1, -0.05) is 30.3 Å². The Hall–Kier alpha value is -2.95. The first kappa shape index (κ1) is 15.0. The van der Waals surface area contributed by atoms with Crippen molar-refractivity contribution >= 4 is 22.5 Å². The zero-order valence-corrected chi connectivity index (χ0v) is 13.2. The van der Waals surface area contributed by atoms with E-state index in [9.17, 15) is 4.79 Å². The Kier molecular flexibility index (Phi) is 4.19. The SMILES string of the molecule is CN(C)c1ccnc(CNC(=O)c2ccc3ccccc3c2)n1. The molecule has 116 valence electrons. The Morgan fingerprint density at radius 3 is 2.65 bits per heavy atom. The summed E-state index contributed by atoms with van der Waals surface area (Å²) < 4.78 is 0. The molecule has 5 nitrogen and oxygen atoms in total. The molecule has 0 spiro atoms. The average Bonchev–Trinajstić information content (AvgIpc) is 2.59. The molecule has 1 N–H and O–H groups in total. The highest BCUT2D eigenvalue weighted by atomic mass is 16.1. The fourth-order valence-electron chi connectivity index (χ4n) is 2.31. The third kappa shape index (κ3) is 3.45. The van der Waals surface area contributed by atoms with Crippen molar-refractivity contribution in [3.05, 3.63) is 66.1 Å². The molecule has 0 saturated heterocycles. The van der Waals surface area contributed by atoms with Crippen LogP contribution in [0.2, 0.25) is 0 Å². The molecule has 0 fully saturated rings. The second-order valence-electron chi connectivity index (χ2n) is 5.47. The largest absolute Gasteiger partial charge is 0.363 e. The van der Waals surface area contributed by atoms with Crippen LogP contribution in [0.15, 0.2) is 54.7 Å². The van der Waals surface area contributed by atoms with Crippen molar-refractivity contribution in [2.24, 2.45) is 0 Å². The normalized spacial score (nSPS) is 10.5. The summed E-state index contributed by atoms with van der Waals surface area (Å²) in [6.07, 6.45) is 1.69. The van der Waals surface area contributed by atoms with E-state index in [4.69, 9.17) is 0 Å². The molecule has 0 aliphatic heterocycles. The lowest BCUT2D eigenvalue weighted by atomic mass is 10.1. The molecular weight excluding hydrogens is 288 g/mol. The van der Waals surface area contributed by atoms with E-state index in [0.29, 0.717) is 17.9 Å². The first-order valence-electron chi connectivity index (χ1n) is 7.40. The Bertz CT molecular complexity index is 845. The summed E-state index contributed by atoms with van der Waals surface area (Å²) in [6.45, 7) is 0.299. The minimum Gasteiger partial charge on any atom is -0.363 e. The number of nitrogens with one attached hydrogen (secondary N) is 1. The molecule has 0 unspecified atom stereocenters. The first-order chi connectivity index (χ1) is 11.1. The lowest BCUT2D eigenvalue weighted by Crippen LogP contribution is -2.24. The van der Waals surface area contributed by atoms with Crippen LogP contribution in [0.5, 0.6) is 0 Å². The summed E-state index contributed by atoms with van der Waals surface area (Å²) in [5.41, 5.74) is 0.632. The fourth-order valence-corrected chi connectivity index (χ4v) is 2.31. The van der Waals surface area contributed by atoms with E-state index < -0.39 is 0 Å². The third-order valence-electron chi connectivity index (χ3n) is 3.57. The number of hydrogen-bond acceptors (Lipinski definition) is 4. The van der Waals surface area contributed by atoms with Gasteiger partial charge < -0.3 is 10.2 Å². The average molecular weight is 306 g/mol. The van der Waals surface area contributed by atoms with Crippen LogP contribution in [-0.4, -0.2) is 30.0 Å². The standard InChI is InChI=1S/C18H18N4O/c1-22(2)17-9-10-19-16(21-17)12-20-18(23)15-8-7-13-5-3-4-6-14(13)11-15/h3-11H,12H2,1-2H3,(H,20,23). The van der Waals surface area contributed by atoms with E-state index in [2.05, 4.69) is 15.3 Å². The summed E-state index contributed by atoms with van der Waals surface area (Å²) in [7, 11) is 3.83. The quantitative estimate of drug-likeness (QED) is 0.805. The van der Waals surface area contributed by atoms with Crippen LogP contribution in [-0.2, 0) is 6.54 Å². The number of rotatable bonds is 4. The second-order valence-corrected chi connectivity index (χ2v) is 5.47. The van der Waals surface area contributed by atoms with Gasteiger partial charge in [-0.15, -0.1) is 0 Å². The number of aromatic nitrogens is 2. The molecule has 23 heavy (non-hydrogen) atoms. The molecule has 2 aromatic carbocycles. The lowest BCUT2D eigenvalue weighted by Gasteiger charge is -2.12. The van der Waals surface area contributed by atoms with Crippen LogP contribution in [0.1, 0.15) is 16.2 Å².